The van der Waals surface area contributed by atoms with Gasteiger partial charge in [-0.05, 0) is 75.9 Å². The fraction of sp³-hybridized carbons (Fsp3) is 0.786. The molecule has 0 aromatic heterocycles. The monoisotopic (exact) mass is 476 g/mol. The Hall–Kier alpha value is -1.20. The molecule has 0 saturated heterocycles. The molecule has 0 unspecified atom stereocenters. The number of carbonyl (C=O) groups is 2. The Kier molecular flexibility index (Phi) is 10.2. The van der Waals surface area contributed by atoms with E-state index >= 15 is 0 Å². The van der Waals surface area contributed by atoms with E-state index < -0.39 is 14.3 Å². The largest absolute Gasteiger partial charge is 0.481 e. The Bertz CT molecular complexity index is 725. The van der Waals surface area contributed by atoms with Gasteiger partial charge in [-0.15, -0.1) is 0 Å². The van der Waals surface area contributed by atoms with E-state index in [4.69, 9.17) is 9.53 Å². The summed E-state index contributed by atoms with van der Waals surface area (Å²) in [4.78, 5) is 23.2. The zero-order valence-electron chi connectivity index (χ0n) is 22.0. The van der Waals surface area contributed by atoms with E-state index in [1.54, 1.807) is 0 Å². The zero-order valence-corrected chi connectivity index (χ0v) is 23.0. The first-order valence-electron chi connectivity index (χ1n) is 13.1. The lowest BCUT2D eigenvalue weighted by Gasteiger charge is -2.49. The topological polar surface area (TPSA) is 63.6 Å². The molecule has 0 heterocycles. The molecule has 1 fully saturated rings. The number of ketones is 1. The highest BCUT2D eigenvalue weighted by atomic mass is 28.4. The van der Waals surface area contributed by atoms with Crippen molar-refractivity contribution in [2.75, 3.05) is 0 Å². The second-order valence-electron chi connectivity index (χ2n) is 12.0. The Balaban J connectivity index is 2.04. The lowest BCUT2D eigenvalue weighted by atomic mass is 9.75. The van der Waals surface area contributed by atoms with Gasteiger partial charge < -0.3 is 9.53 Å². The van der Waals surface area contributed by atoms with Crippen molar-refractivity contribution in [1.29, 1.82) is 0 Å². The van der Waals surface area contributed by atoms with Crippen LogP contribution in [0.5, 0.6) is 0 Å². The first-order valence-corrected chi connectivity index (χ1v) is 16.1. The van der Waals surface area contributed by atoms with Gasteiger partial charge in [-0.3, -0.25) is 9.59 Å². The van der Waals surface area contributed by atoms with E-state index in [0.29, 0.717) is 24.5 Å². The number of carboxylic acid groups (broad SMARTS) is 1. The highest BCUT2D eigenvalue weighted by Gasteiger charge is 2.46. The van der Waals surface area contributed by atoms with Crippen molar-refractivity contribution in [3.8, 4) is 0 Å². The van der Waals surface area contributed by atoms with Crippen LogP contribution in [0, 0.1) is 11.8 Å². The summed E-state index contributed by atoms with van der Waals surface area (Å²) in [5.41, 5.74) is 1.16. The van der Waals surface area contributed by atoms with Crippen molar-refractivity contribution in [2.24, 2.45) is 11.8 Å². The van der Waals surface area contributed by atoms with Crippen molar-refractivity contribution in [3.63, 3.8) is 0 Å². The average Bonchev–Trinajstić information content (AvgIpc) is 3.08. The Morgan fingerprint density at radius 3 is 2.42 bits per heavy atom. The Labute approximate surface area is 203 Å². The maximum absolute atomic E-state index is 12.6. The number of carboxylic acids is 1. The molecule has 0 aromatic carbocycles. The molecule has 188 valence electrons. The molecule has 0 aromatic rings. The van der Waals surface area contributed by atoms with Gasteiger partial charge in [0.05, 0.1) is 5.60 Å². The summed E-state index contributed by atoms with van der Waals surface area (Å²) < 4.78 is 7.16. The highest BCUT2D eigenvalue weighted by molar-refractivity contribution is 6.74. The van der Waals surface area contributed by atoms with Crippen LogP contribution < -0.4 is 0 Å². The molecule has 0 bridgehead atoms. The number of aliphatic carboxylic acids is 1. The van der Waals surface area contributed by atoms with Gasteiger partial charge in [-0.1, -0.05) is 63.8 Å². The lowest BCUT2D eigenvalue weighted by molar-refractivity contribution is -0.137. The molecule has 0 radical (unpaired) electrons. The van der Waals surface area contributed by atoms with Crippen molar-refractivity contribution in [2.45, 2.75) is 128 Å². The normalized spacial score (nSPS) is 22.5. The van der Waals surface area contributed by atoms with E-state index in [1.807, 2.05) is 6.08 Å². The molecule has 2 atom stereocenters. The standard InChI is InChI=1S/C28H48O4Si/c1-27(2,3)33(5,6)32-28(4,23-14-10-9-11-15-23)21-20-22-18-19-25(29)24(22)16-12-7-8-13-17-26(30)31/h7,12,18,23-24H,8-11,13-17,19-21H2,1-6H3,(H,30,31)/b12-7-/t24-,28-/m1/s1. The van der Waals surface area contributed by atoms with Crippen molar-refractivity contribution < 1.29 is 19.1 Å². The average molecular weight is 477 g/mol. The van der Waals surface area contributed by atoms with Crippen LogP contribution in [0.15, 0.2) is 23.8 Å². The summed E-state index contributed by atoms with van der Waals surface area (Å²) in [6.07, 6.45) is 17.6. The van der Waals surface area contributed by atoms with Gasteiger partial charge in [-0.25, -0.2) is 0 Å². The molecule has 2 aliphatic rings. The molecule has 0 spiro atoms. The third-order valence-electron chi connectivity index (χ3n) is 8.37. The number of unbranched alkanes of at least 4 members (excludes halogenated alkanes) is 1. The molecule has 33 heavy (non-hydrogen) atoms. The van der Waals surface area contributed by atoms with Gasteiger partial charge in [0.15, 0.2) is 8.32 Å². The van der Waals surface area contributed by atoms with E-state index in [-0.39, 0.29) is 23.0 Å². The first-order chi connectivity index (χ1) is 15.4. The second kappa shape index (κ2) is 12.0. The number of Topliss-reactive ketones (excluding diaryl/α,β-unsaturated/α-hetero) is 1. The number of allylic oxidation sites excluding steroid dienone is 4. The van der Waals surface area contributed by atoms with Crippen LogP contribution in [0.1, 0.15) is 105 Å². The third kappa shape index (κ3) is 8.20. The summed E-state index contributed by atoms with van der Waals surface area (Å²) in [5.74, 6) is 0.167. The van der Waals surface area contributed by atoms with Crippen LogP contribution >= 0.6 is 0 Å². The van der Waals surface area contributed by atoms with Gasteiger partial charge >= 0.3 is 5.97 Å². The van der Waals surface area contributed by atoms with Crippen LogP contribution in [0.25, 0.3) is 0 Å². The number of rotatable bonds is 12. The van der Waals surface area contributed by atoms with E-state index in [0.717, 1.165) is 25.7 Å². The third-order valence-corrected chi connectivity index (χ3v) is 13.0. The molecule has 2 rings (SSSR count). The van der Waals surface area contributed by atoms with Crippen LogP contribution in [0.4, 0.5) is 0 Å². The number of hydrogen-bond donors (Lipinski definition) is 1. The molecular weight excluding hydrogens is 428 g/mol. The quantitative estimate of drug-likeness (QED) is 0.177. The first kappa shape index (κ1) is 28.0. The minimum Gasteiger partial charge on any atom is -0.481 e. The second-order valence-corrected chi connectivity index (χ2v) is 16.7. The summed E-state index contributed by atoms with van der Waals surface area (Å²) >= 11 is 0. The van der Waals surface area contributed by atoms with Gasteiger partial charge in [-0.2, -0.15) is 0 Å². The van der Waals surface area contributed by atoms with E-state index in [9.17, 15) is 9.59 Å². The SMILES string of the molecule is CC(C)(C)[Si](C)(C)O[C@](C)(CCC1=CCC(=O)[C@@H]1C/C=C\CCCC(=O)O)C1CCCCC1. The smallest absolute Gasteiger partial charge is 0.303 e. The van der Waals surface area contributed by atoms with Gasteiger partial charge in [0.1, 0.15) is 5.78 Å². The van der Waals surface area contributed by atoms with Crippen LogP contribution in [-0.4, -0.2) is 30.8 Å². The minimum atomic E-state index is -1.91. The summed E-state index contributed by atoms with van der Waals surface area (Å²) in [6.45, 7) is 14.0. The molecule has 1 N–H and O–H groups in total. The maximum Gasteiger partial charge on any atom is 0.303 e. The zero-order chi connectivity index (χ0) is 24.7. The number of hydrogen-bond acceptors (Lipinski definition) is 3. The molecule has 1 saturated carbocycles. The Morgan fingerprint density at radius 2 is 1.82 bits per heavy atom. The fourth-order valence-electron chi connectivity index (χ4n) is 5.18. The highest BCUT2D eigenvalue weighted by Crippen LogP contribution is 2.46. The molecule has 0 aliphatic heterocycles. The summed E-state index contributed by atoms with van der Waals surface area (Å²) in [5, 5.41) is 8.94. The van der Waals surface area contributed by atoms with Gasteiger partial charge in [0.2, 0.25) is 0 Å². The maximum atomic E-state index is 12.6. The minimum absolute atomic E-state index is 0.01000. The van der Waals surface area contributed by atoms with Gasteiger partial charge in [0.25, 0.3) is 0 Å². The molecule has 2 aliphatic carbocycles. The van der Waals surface area contributed by atoms with Gasteiger partial charge in [0, 0.05) is 18.8 Å². The van der Waals surface area contributed by atoms with Crippen LogP contribution in [-0.2, 0) is 14.0 Å². The lowest BCUT2D eigenvalue weighted by Crippen LogP contribution is -2.52. The van der Waals surface area contributed by atoms with Crippen molar-refractivity contribution in [3.05, 3.63) is 23.8 Å². The van der Waals surface area contributed by atoms with Crippen molar-refractivity contribution >= 4 is 20.1 Å². The van der Waals surface area contributed by atoms with E-state index in [1.165, 1.54) is 37.7 Å². The van der Waals surface area contributed by atoms with Crippen LogP contribution in [0.3, 0.4) is 0 Å². The fourth-order valence-corrected chi connectivity index (χ4v) is 6.92. The van der Waals surface area contributed by atoms with E-state index in [2.05, 4.69) is 52.9 Å². The van der Waals surface area contributed by atoms with Crippen LogP contribution in [0.2, 0.25) is 18.1 Å². The predicted molar refractivity (Wildman–Crippen MR) is 139 cm³/mol. The summed E-state index contributed by atoms with van der Waals surface area (Å²) in [7, 11) is -1.91. The molecule has 5 heteroatoms. The number of carbonyl (C=O) groups excluding carboxylic acids is 1. The molecule has 0 amide bonds. The summed E-state index contributed by atoms with van der Waals surface area (Å²) in [6, 6.07) is 0. The molecular formula is C28H48O4Si. The Morgan fingerprint density at radius 1 is 1.15 bits per heavy atom. The van der Waals surface area contributed by atoms with Crippen molar-refractivity contribution in [1.82, 2.24) is 0 Å². The predicted octanol–water partition coefficient (Wildman–Crippen LogP) is 7.84. The molecule has 4 nitrogen and oxygen atoms in total.